The highest BCUT2D eigenvalue weighted by molar-refractivity contribution is 6.36. The van der Waals surface area contributed by atoms with Gasteiger partial charge in [0, 0.05) is 42.8 Å². The van der Waals surface area contributed by atoms with Crippen molar-refractivity contribution in [3.05, 3.63) is 46.5 Å². The summed E-state index contributed by atoms with van der Waals surface area (Å²) in [5.41, 5.74) is 0.717. The Hall–Kier alpha value is -1.03. The third-order valence-corrected chi connectivity index (χ3v) is 4.21. The Balaban J connectivity index is 1.95. The Morgan fingerprint density at radius 1 is 1.20 bits per heavy atom. The van der Waals surface area contributed by atoms with Crippen LogP contribution in [0.25, 0.3) is 0 Å². The molecule has 1 amide bonds. The van der Waals surface area contributed by atoms with E-state index in [0.717, 1.165) is 32.7 Å². The van der Waals surface area contributed by atoms with Crippen LogP contribution in [-0.2, 0) is 11.2 Å². The highest BCUT2D eigenvalue weighted by Gasteiger charge is 2.21. The highest BCUT2D eigenvalue weighted by Crippen LogP contribution is 2.25. The van der Waals surface area contributed by atoms with E-state index >= 15 is 0 Å². The largest absolute Gasteiger partial charge is 0.340 e. The zero-order valence-corrected chi connectivity index (χ0v) is 12.8. The molecule has 1 fully saturated rings. The van der Waals surface area contributed by atoms with E-state index < -0.39 is 0 Å². The molecule has 1 saturated heterocycles. The van der Waals surface area contributed by atoms with Crippen molar-refractivity contribution in [1.82, 2.24) is 9.80 Å². The molecule has 0 N–H and O–H groups in total. The third kappa shape index (κ3) is 3.75. The lowest BCUT2D eigenvalue weighted by molar-refractivity contribution is -0.132. The van der Waals surface area contributed by atoms with Crippen LogP contribution in [-0.4, -0.2) is 48.4 Å². The molecule has 20 heavy (non-hydrogen) atoms. The van der Waals surface area contributed by atoms with Gasteiger partial charge in [0.05, 0.1) is 6.42 Å². The lowest BCUT2D eigenvalue weighted by atomic mass is 10.1. The quantitative estimate of drug-likeness (QED) is 0.798. The van der Waals surface area contributed by atoms with Gasteiger partial charge >= 0.3 is 0 Å². The van der Waals surface area contributed by atoms with E-state index in [2.05, 4.69) is 11.5 Å². The minimum Gasteiger partial charge on any atom is -0.340 e. The second-order valence-electron chi connectivity index (χ2n) is 4.85. The van der Waals surface area contributed by atoms with Gasteiger partial charge in [-0.25, -0.2) is 0 Å². The van der Waals surface area contributed by atoms with Crippen LogP contribution in [0.2, 0.25) is 10.0 Å². The molecule has 0 unspecified atom stereocenters. The summed E-state index contributed by atoms with van der Waals surface area (Å²) >= 11 is 12.2. The van der Waals surface area contributed by atoms with Crippen LogP contribution in [0.15, 0.2) is 30.9 Å². The molecule has 3 nitrogen and oxygen atoms in total. The first-order valence-corrected chi connectivity index (χ1v) is 7.41. The summed E-state index contributed by atoms with van der Waals surface area (Å²) in [6.07, 6.45) is 2.15. The van der Waals surface area contributed by atoms with E-state index in [1.54, 1.807) is 18.2 Å². The fourth-order valence-corrected chi connectivity index (χ4v) is 2.86. The number of halogens is 2. The van der Waals surface area contributed by atoms with Crippen molar-refractivity contribution in [1.29, 1.82) is 0 Å². The SMILES string of the molecule is C=CCN1CCN(C(=O)Cc2c(Cl)cccc2Cl)CC1. The Bertz CT molecular complexity index is 476. The summed E-state index contributed by atoms with van der Waals surface area (Å²) in [6, 6.07) is 5.31. The molecule has 108 valence electrons. The zero-order chi connectivity index (χ0) is 14.5. The summed E-state index contributed by atoms with van der Waals surface area (Å²) in [5.74, 6) is 0.0817. The molecule has 0 spiro atoms. The lowest BCUT2D eigenvalue weighted by Crippen LogP contribution is -2.49. The van der Waals surface area contributed by atoms with Gasteiger partial charge in [0.25, 0.3) is 0 Å². The molecule has 1 aromatic carbocycles. The smallest absolute Gasteiger partial charge is 0.227 e. The number of carbonyl (C=O) groups is 1. The minimum absolute atomic E-state index is 0.0817. The molecule has 1 aromatic rings. The highest BCUT2D eigenvalue weighted by atomic mass is 35.5. The van der Waals surface area contributed by atoms with Crippen molar-refractivity contribution in [2.24, 2.45) is 0 Å². The lowest BCUT2D eigenvalue weighted by Gasteiger charge is -2.34. The van der Waals surface area contributed by atoms with Gasteiger partial charge in [0.15, 0.2) is 0 Å². The second-order valence-corrected chi connectivity index (χ2v) is 5.66. The van der Waals surface area contributed by atoms with Gasteiger partial charge in [-0.3, -0.25) is 9.69 Å². The molecule has 2 rings (SSSR count). The van der Waals surface area contributed by atoms with Gasteiger partial charge in [0.2, 0.25) is 5.91 Å². The summed E-state index contributed by atoms with van der Waals surface area (Å²) in [5, 5.41) is 1.10. The van der Waals surface area contributed by atoms with Crippen LogP contribution in [0, 0.1) is 0 Å². The topological polar surface area (TPSA) is 23.6 Å². The predicted molar refractivity (Wildman–Crippen MR) is 83.4 cm³/mol. The average molecular weight is 313 g/mol. The van der Waals surface area contributed by atoms with Gasteiger partial charge in [-0.2, -0.15) is 0 Å². The number of hydrogen-bond acceptors (Lipinski definition) is 2. The molecule has 5 heteroatoms. The Labute approximate surface area is 129 Å². The Morgan fingerprint density at radius 3 is 2.35 bits per heavy atom. The van der Waals surface area contributed by atoms with E-state index in [4.69, 9.17) is 23.2 Å². The minimum atomic E-state index is 0.0817. The van der Waals surface area contributed by atoms with Crippen molar-refractivity contribution >= 4 is 29.1 Å². The standard InChI is InChI=1S/C15H18Cl2N2O/c1-2-6-18-7-9-19(10-8-18)15(20)11-12-13(16)4-3-5-14(12)17/h2-5H,1,6-11H2. The summed E-state index contributed by atoms with van der Waals surface area (Å²) in [6.45, 7) is 7.86. The van der Waals surface area contributed by atoms with E-state index in [1.165, 1.54) is 0 Å². The third-order valence-electron chi connectivity index (χ3n) is 3.50. The van der Waals surface area contributed by atoms with Crippen molar-refractivity contribution in [2.75, 3.05) is 32.7 Å². The number of rotatable bonds is 4. The number of benzene rings is 1. The van der Waals surface area contributed by atoms with Crippen molar-refractivity contribution in [3.8, 4) is 0 Å². The fraction of sp³-hybridized carbons (Fsp3) is 0.400. The van der Waals surface area contributed by atoms with Crippen LogP contribution in [0.5, 0.6) is 0 Å². The van der Waals surface area contributed by atoms with Crippen LogP contribution in [0.1, 0.15) is 5.56 Å². The molecule has 0 aliphatic carbocycles. The van der Waals surface area contributed by atoms with Crippen molar-refractivity contribution in [3.63, 3.8) is 0 Å². The number of piperazine rings is 1. The van der Waals surface area contributed by atoms with Gasteiger partial charge in [-0.1, -0.05) is 35.3 Å². The van der Waals surface area contributed by atoms with Crippen molar-refractivity contribution in [2.45, 2.75) is 6.42 Å². The normalized spacial score (nSPS) is 16.2. The van der Waals surface area contributed by atoms with E-state index in [0.29, 0.717) is 15.6 Å². The van der Waals surface area contributed by atoms with E-state index in [9.17, 15) is 4.79 Å². The maximum atomic E-state index is 12.3. The molecular weight excluding hydrogens is 295 g/mol. The zero-order valence-electron chi connectivity index (χ0n) is 11.3. The van der Waals surface area contributed by atoms with Crippen LogP contribution in [0.4, 0.5) is 0 Å². The van der Waals surface area contributed by atoms with Gasteiger partial charge in [0.1, 0.15) is 0 Å². The average Bonchev–Trinajstić information content (AvgIpc) is 2.44. The Kier molecular flexibility index (Phi) is 5.46. The number of nitrogens with zero attached hydrogens (tertiary/aromatic N) is 2. The molecule has 0 aromatic heterocycles. The van der Waals surface area contributed by atoms with E-state index in [-0.39, 0.29) is 12.3 Å². The molecule has 0 saturated carbocycles. The first-order valence-electron chi connectivity index (χ1n) is 6.65. The Morgan fingerprint density at radius 2 is 1.80 bits per heavy atom. The molecule has 0 radical (unpaired) electrons. The first kappa shape index (κ1) is 15.4. The van der Waals surface area contributed by atoms with Crippen molar-refractivity contribution < 1.29 is 4.79 Å². The molecule has 0 bridgehead atoms. The van der Waals surface area contributed by atoms with E-state index in [1.807, 2.05) is 11.0 Å². The number of carbonyl (C=O) groups excluding carboxylic acids is 1. The molecule has 1 heterocycles. The number of amides is 1. The predicted octanol–water partition coefficient (Wildman–Crippen LogP) is 2.87. The van der Waals surface area contributed by atoms with Crippen LogP contribution < -0.4 is 0 Å². The van der Waals surface area contributed by atoms with Crippen LogP contribution >= 0.6 is 23.2 Å². The number of hydrogen-bond donors (Lipinski definition) is 0. The summed E-state index contributed by atoms with van der Waals surface area (Å²) in [4.78, 5) is 16.5. The molecular formula is C15H18Cl2N2O. The first-order chi connectivity index (χ1) is 9.61. The molecule has 0 atom stereocenters. The fourth-order valence-electron chi connectivity index (χ4n) is 2.33. The summed E-state index contributed by atoms with van der Waals surface area (Å²) in [7, 11) is 0. The second kappa shape index (κ2) is 7.11. The van der Waals surface area contributed by atoms with Gasteiger partial charge in [-0.05, 0) is 17.7 Å². The maximum absolute atomic E-state index is 12.3. The molecule has 1 aliphatic heterocycles. The van der Waals surface area contributed by atoms with Crippen LogP contribution in [0.3, 0.4) is 0 Å². The summed E-state index contributed by atoms with van der Waals surface area (Å²) < 4.78 is 0. The maximum Gasteiger partial charge on any atom is 0.227 e. The van der Waals surface area contributed by atoms with Gasteiger partial charge in [-0.15, -0.1) is 6.58 Å². The molecule has 1 aliphatic rings. The monoisotopic (exact) mass is 312 g/mol. The van der Waals surface area contributed by atoms with Gasteiger partial charge < -0.3 is 4.90 Å².